The van der Waals surface area contributed by atoms with Crippen molar-refractivity contribution in [3.05, 3.63) is 0 Å². The third-order valence-corrected chi connectivity index (χ3v) is 4.84. The van der Waals surface area contributed by atoms with Crippen molar-refractivity contribution in [2.75, 3.05) is 13.2 Å². The second kappa shape index (κ2) is 8.26. The Bertz CT molecular complexity index is 239. The van der Waals surface area contributed by atoms with Crippen LogP contribution < -0.4 is 5.32 Å². The van der Waals surface area contributed by atoms with E-state index in [1.54, 1.807) is 0 Å². The predicted octanol–water partition coefficient (Wildman–Crippen LogP) is 4.39. The molecule has 4 unspecified atom stereocenters. The van der Waals surface area contributed by atoms with Crippen LogP contribution in [0.1, 0.15) is 73.1 Å². The Balaban J connectivity index is 2.83. The highest BCUT2D eigenvalue weighted by Crippen LogP contribution is 2.39. The minimum absolute atomic E-state index is 0.0891. The van der Waals surface area contributed by atoms with Gasteiger partial charge in [0.15, 0.2) is 0 Å². The lowest BCUT2D eigenvalue weighted by Gasteiger charge is -2.46. The maximum absolute atomic E-state index is 6.34. The molecule has 0 amide bonds. The first-order valence-electron chi connectivity index (χ1n) is 8.45. The summed E-state index contributed by atoms with van der Waals surface area (Å²) in [6, 6.07) is 0.523. The van der Waals surface area contributed by atoms with Gasteiger partial charge < -0.3 is 10.1 Å². The van der Waals surface area contributed by atoms with Crippen molar-refractivity contribution in [1.82, 2.24) is 5.32 Å². The van der Waals surface area contributed by atoms with Crippen LogP contribution in [0.3, 0.4) is 0 Å². The fraction of sp³-hybridized carbons (Fsp3) is 1.00. The molecule has 1 saturated carbocycles. The van der Waals surface area contributed by atoms with E-state index in [2.05, 4.69) is 39.9 Å². The fourth-order valence-corrected chi connectivity index (χ4v) is 3.68. The van der Waals surface area contributed by atoms with Gasteiger partial charge in [0.1, 0.15) is 0 Å². The van der Waals surface area contributed by atoms with Crippen molar-refractivity contribution in [3.63, 3.8) is 0 Å². The number of hydrogen-bond donors (Lipinski definition) is 1. The molecule has 0 aliphatic heterocycles. The van der Waals surface area contributed by atoms with Gasteiger partial charge in [0, 0.05) is 12.6 Å². The molecule has 0 bridgehead atoms. The Morgan fingerprint density at radius 1 is 1.32 bits per heavy atom. The summed E-state index contributed by atoms with van der Waals surface area (Å²) in [6.45, 7) is 13.3. The number of likely N-dealkylation sites (N-methyl/N-ethyl adjacent to an activating group) is 1. The van der Waals surface area contributed by atoms with Crippen molar-refractivity contribution < 1.29 is 4.74 Å². The number of nitrogens with one attached hydrogen (secondary N) is 1. The van der Waals surface area contributed by atoms with Crippen molar-refractivity contribution in [3.8, 4) is 0 Å². The molecule has 4 atom stereocenters. The van der Waals surface area contributed by atoms with Gasteiger partial charge in [-0.3, -0.25) is 0 Å². The van der Waals surface area contributed by atoms with Gasteiger partial charge in [-0.05, 0) is 44.6 Å². The summed E-state index contributed by atoms with van der Waals surface area (Å²) in [5.74, 6) is 1.58. The maximum atomic E-state index is 6.34. The molecule has 1 fully saturated rings. The SMILES string of the molecule is CCNC(CC(C)CC)C1(OCC)CCCC(C)C1. The van der Waals surface area contributed by atoms with Crippen LogP contribution in [-0.4, -0.2) is 24.8 Å². The van der Waals surface area contributed by atoms with Crippen molar-refractivity contribution in [1.29, 1.82) is 0 Å². The zero-order chi connectivity index (χ0) is 14.3. The van der Waals surface area contributed by atoms with E-state index in [1.165, 1.54) is 38.5 Å². The van der Waals surface area contributed by atoms with Gasteiger partial charge in [0.2, 0.25) is 0 Å². The lowest BCUT2D eigenvalue weighted by atomic mass is 9.72. The first-order chi connectivity index (χ1) is 9.07. The Morgan fingerprint density at radius 3 is 2.58 bits per heavy atom. The fourth-order valence-electron chi connectivity index (χ4n) is 3.68. The first-order valence-corrected chi connectivity index (χ1v) is 8.45. The zero-order valence-electron chi connectivity index (χ0n) is 13.8. The van der Waals surface area contributed by atoms with Crippen molar-refractivity contribution in [2.24, 2.45) is 11.8 Å². The average molecular weight is 269 g/mol. The lowest BCUT2D eigenvalue weighted by molar-refractivity contribution is -0.104. The molecule has 0 radical (unpaired) electrons. The predicted molar refractivity (Wildman–Crippen MR) is 83.5 cm³/mol. The van der Waals surface area contributed by atoms with E-state index < -0.39 is 0 Å². The molecule has 2 nitrogen and oxygen atoms in total. The largest absolute Gasteiger partial charge is 0.374 e. The quantitative estimate of drug-likeness (QED) is 0.706. The summed E-state index contributed by atoms with van der Waals surface area (Å²) in [5, 5.41) is 3.74. The number of hydrogen-bond acceptors (Lipinski definition) is 2. The van der Waals surface area contributed by atoms with Crippen LogP contribution in [0.15, 0.2) is 0 Å². The van der Waals surface area contributed by atoms with E-state index in [0.29, 0.717) is 6.04 Å². The topological polar surface area (TPSA) is 21.3 Å². The molecular formula is C17H35NO. The number of ether oxygens (including phenoxy) is 1. The molecule has 114 valence electrons. The summed E-state index contributed by atoms with van der Waals surface area (Å²) in [5.41, 5.74) is 0.0891. The Morgan fingerprint density at radius 2 is 2.05 bits per heavy atom. The molecule has 1 aliphatic carbocycles. The third-order valence-electron chi connectivity index (χ3n) is 4.84. The van der Waals surface area contributed by atoms with E-state index >= 15 is 0 Å². The van der Waals surface area contributed by atoms with Gasteiger partial charge in [-0.1, -0.05) is 47.0 Å². The smallest absolute Gasteiger partial charge is 0.0837 e. The van der Waals surface area contributed by atoms with Crippen LogP contribution >= 0.6 is 0 Å². The van der Waals surface area contributed by atoms with E-state index in [9.17, 15) is 0 Å². The van der Waals surface area contributed by atoms with Crippen LogP contribution in [0.4, 0.5) is 0 Å². The molecule has 0 aromatic carbocycles. The number of rotatable bonds is 8. The molecule has 1 rings (SSSR count). The van der Waals surface area contributed by atoms with Gasteiger partial charge in [0.25, 0.3) is 0 Å². The lowest BCUT2D eigenvalue weighted by Crippen LogP contribution is -2.55. The van der Waals surface area contributed by atoms with Crippen LogP contribution in [0, 0.1) is 11.8 Å². The molecule has 0 aromatic heterocycles. The first kappa shape index (κ1) is 17.0. The second-order valence-electron chi connectivity index (χ2n) is 6.56. The van der Waals surface area contributed by atoms with E-state index in [1.807, 2.05) is 0 Å². The van der Waals surface area contributed by atoms with Crippen LogP contribution in [0.5, 0.6) is 0 Å². The maximum Gasteiger partial charge on any atom is 0.0837 e. The summed E-state index contributed by atoms with van der Waals surface area (Å²) in [6.07, 6.45) is 7.67. The van der Waals surface area contributed by atoms with Gasteiger partial charge in [-0.2, -0.15) is 0 Å². The highest BCUT2D eigenvalue weighted by atomic mass is 16.5. The van der Waals surface area contributed by atoms with Gasteiger partial charge in [0.05, 0.1) is 5.60 Å². The van der Waals surface area contributed by atoms with Crippen molar-refractivity contribution >= 4 is 0 Å². The second-order valence-corrected chi connectivity index (χ2v) is 6.56. The van der Waals surface area contributed by atoms with Crippen LogP contribution in [0.2, 0.25) is 0 Å². The minimum Gasteiger partial charge on any atom is -0.374 e. The summed E-state index contributed by atoms with van der Waals surface area (Å²) >= 11 is 0. The van der Waals surface area contributed by atoms with Gasteiger partial charge in [-0.15, -0.1) is 0 Å². The molecule has 19 heavy (non-hydrogen) atoms. The van der Waals surface area contributed by atoms with E-state index in [-0.39, 0.29) is 5.60 Å². The van der Waals surface area contributed by atoms with E-state index in [4.69, 9.17) is 4.74 Å². The molecule has 1 N–H and O–H groups in total. The monoisotopic (exact) mass is 269 g/mol. The molecule has 0 heterocycles. The zero-order valence-corrected chi connectivity index (χ0v) is 13.8. The van der Waals surface area contributed by atoms with Gasteiger partial charge in [-0.25, -0.2) is 0 Å². The standard InChI is InChI=1S/C17H35NO/c1-6-14(4)12-16(18-7-2)17(19-8-3)11-9-10-15(5)13-17/h14-16,18H,6-13H2,1-5H3. The summed E-state index contributed by atoms with van der Waals surface area (Å²) < 4.78 is 6.34. The molecule has 2 heteroatoms. The van der Waals surface area contributed by atoms with Gasteiger partial charge >= 0.3 is 0 Å². The normalized spacial score (nSPS) is 31.1. The average Bonchev–Trinajstić information content (AvgIpc) is 2.38. The molecule has 0 aromatic rings. The van der Waals surface area contributed by atoms with E-state index in [0.717, 1.165) is 25.0 Å². The highest BCUT2D eigenvalue weighted by molar-refractivity contribution is 4.97. The molecule has 1 aliphatic rings. The summed E-state index contributed by atoms with van der Waals surface area (Å²) in [4.78, 5) is 0. The third kappa shape index (κ3) is 4.75. The van der Waals surface area contributed by atoms with Crippen LogP contribution in [0.25, 0.3) is 0 Å². The van der Waals surface area contributed by atoms with Crippen LogP contribution in [-0.2, 0) is 4.74 Å². The minimum atomic E-state index is 0.0891. The summed E-state index contributed by atoms with van der Waals surface area (Å²) in [7, 11) is 0. The highest BCUT2D eigenvalue weighted by Gasteiger charge is 2.42. The molecule has 0 saturated heterocycles. The Hall–Kier alpha value is -0.0800. The van der Waals surface area contributed by atoms with Crippen molar-refractivity contribution in [2.45, 2.75) is 84.8 Å². The Kier molecular flexibility index (Phi) is 7.38. The Labute approximate surface area is 120 Å². The molecular weight excluding hydrogens is 234 g/mol. The molecule has 0 spiro atoms.